The van der Waals surface area contributed by atoms with Gasteiger partial charge in [0.1, 0.15) is 11.7 Å². The van der Waals surface area contributed by atoms with Gasteiger partial charge >= 0.3 is 0 Å². The summed E-state index contributed by atoms with van der Waals surface area (Å²) < 4.78 is 18.9. The van der Waals surface area contributed by atoms with E-state index in [0.717, 1.165) is 0 Å². The molecule has 2 aliphatic rings. The van der Waals surface area contributed by atoms with Crippen molar-refractivity contribution < 1.29 is 19.3 Å². The summed E-state index contributed by atoms with van der Waals surface area (Å²) in [5, 5.41) is 18.8. The van der Waals surface area contributed by atoms with Gasteiger partial charge in [-0.25, -0.2) is 4.39 Å². The molecule has 13 heavy (non-hydrogen) atoms. The first-order chi connectivity index (χ1) is 6.09. The summed E-state index contributed by atoms with van der Waals surface area (Å²) in [7, 11) is 0. The lowest BCUT2D eigenvalue weighted by Crippen LogP contribution is -2.50. The third-order valence-electron chi connectivity index (χ3n) is 2.86. The maximum atomic E-state index is 13.6. The van der Waals surface area contributed by atoms with Crippen LogP contribution in [0.25, 0.3) is 0 Å². The van der Waals surface area contributed by atoms with Gasteiger partial charge in [-0.2, -0.15) is 11.8 Å². The minimum atomic E-state index is -1.58. The molecule has 0 bridgehead atoms. The summed E-state index contributed by atoms with van der Waals surface area (Å²) in [6.45, 7) is -0.322. The molecule has 5 heteroatoms. The van der Waals surface area contributed by atoms with E-state index in [2.05, 4.69) is 0 Å². The van der Waals surface area contributed by atoms with Crippen LogP contribution in [0.15, 0.2) is 0 Å². The molecule has 1 unspecified atom stereocenters. The van der Waals surface area contributed by atoms with Gasteiger partial charge in [-0.1, -0.05) is 0 Å². The Bertz CT molecular complexity index is 227. The fraction of sp³-hybridized carbons (Fsp3) is 1.00. The van der Waals surface area contributed by atoms with Gasteiger partial charge in [-0.15, -0.1) is 0 Å². The molecule has 0 radical (unpaired) electrons. The topological polar surface area (TPSA) is 49.7 Å². The molecule has 0 spiro atoms. The fourth-order valence-electron chi connectivity index (χ4n) is 1.96. The normalized spacial score (nSPS) is 53.5. The third kappa shape index (κ3) is 1.14. The summed E-state index contributed by atoms with van der Waals surface area (Å²) in [6, 6.07) is 0. The molecule has 1 aliphatic heterocycles. The molecular formula is C8H13FO3S. The standard InChI is InChI=1S/C8H13FO3S/c1-13-4-7(3-10)6(11)8(9)2-5(8)12-7/h5-6,10-11H,2-4H2,1H3/t5?,6-,7+,8+/m1/s1. The number of halogens is 1. The van der Waals surface area contributed by atoms with E-state index in [4.69, 9.17) is 9.84 Å². The number of rotatable bonds is 3. The lowest BCUT2D eigenvalue weighted by Gasteiger charge is -2.31. The molecule has 0 aromatic rings. The Kier molecular flexibility index (Phi) is 2.11. The predicted molar refractivity (Wildman–Crippen MR) is 47.5 cm³/mol. The smallest absolute Gasteiger partial charge is 0.168 e. The van der Waals surface area contributed by atoms with Crippen molar-refractivity contribution in [2.75, 3.05) is 18.6 Å². The van der Waals surface area contributed by atoms with Gasteiger partial charge in [0.15, 0.2) is 5.67 Å². The second kappa shape index (κ2) is 2.82. The van der Waals surface area contributed by atoms with Crippen LogP contribution >= 0.6 is 11.8 Å². The maximum Gasteiger partial charge on any atom is 0.168 e. The van der Waals surface area contributed by atoms with Gasteiger partial charge in [-0.05, 0) is 6.26 Å². The molecule has 3 nitrogen and oxygen atoms in total. The molecule has 2 N–H and O–H groups in total. The zero-order chi connectivity index (χ0) is 9.69. The summed E-state index contributed by atoms with van der Waals surface area (Å²) >= 11 is 1.44. The van der Waals surface area contributed by atoms with Crippen LogP contribution in [-0.2, 0) is 4.74 Å². The summed E-state index contributed by atoms with van der Waals surface area (Å²) in [4.78, 5) is 0. The van der Waals surface area contributed by atoms with E-state index in [1.807, 2.05) is 6.26 Å². The summed E-state index contributed by atoms with van der Waals surface area (Å²) in [5.74, 6) is 0.423. The second-order valence-electron chi connectivity index (χ2n) is 3.80. The molecule has 0 aromatic carbocycles. The van der Waals surface area contributed by atoms with Crippen molar-refractivity contribution in [1.82, 2.24) is 0 Å². The molecule has 2 rings (SSSR count). The van der Waals surface area contributed by atoms with Gasteiger partial charge in [0.25, 0.3) is 0 Å². The number of aliphatic hydroxyl groups is 2. The highest BCUT2D eigenvalue weighted by Gasteiger charge is 2.74. The number of thioether (sulfide) groups is 1. The van der Waals surface area contributed by atoms with Gasteiger partial charge in [0.2, 0.25) is 0 Å². The maximum absolute atomic E-state index is 13.6. The van der Waals surface area contributed by atoms with Crippen LogP contribution in [0, 0.1) is 0 Å². The van der Waals surface area contributed by atoms with Crippen LogP contribution in [0.2, 0.25) is 0 Å². The molecule has 4 atom stereocenters. The van der Waals surface area contributed by atoms with E-state index in [9.17, 15) is 9.50 Å². The van der Waals surface area contributed by atoms with Gasteiger partial charge in [0, 0.05) is 12.2 Å². The average molecular weight is 208 g/mol. The zero-order valence-corrected chi connectivity index (χ0v) is 8.18. The van der Waals surface area contributed by atoms with Crippen LogP contribution in [0.5, 0.6) is 0 Å². The number of fused-ring (bicyclic) bond motifs is 1. The van der Waals surface area contributed by atoms with Gasteiger partial charge < -0.3 is 14.9 Å². The third-order valence-corrected chi connectivity index (χ3v) is 3.64. The summed E-state index contributed by atoms with van der Waals surface area (Å²) in [5.41, 5.74) is -2.66. The van der Waals surface area contributed by atoms with E-state index >= 15 is 0 Å². The molecule has 0 amide bonds. The Hall–Kier alpha value is 0.160. The second-order valence-corrected chi connectivity index (χ2v) is 4.66. The van der Waals surface area contributed by atoms with Crippen LogP contribution in [-0.4, -0.2) is 52.3 Å². The minimum absolute atomic E-state index is 0.268. The lowest BCUT2D eigenvalue weighted by atomic mass is 9.96. The van der Waals surface area contributed by atoms with Crippen LogP contribution in [0.4, 0.5) is 4.39 Å². The van der Waals surface area contributed by atoms with E-state index in [-0.39, 0.29) is 13.0 Å². The fourth-order valence-corrected chi connectivity index (χ4v) is 2.77. The monoisotopic (exact) mass is 208 g/mol. The highest BCUT2D eigenvalue weighted by atomic mass is 32.2. The van der Waals surface area contributed by atoms with Crippen LogP contribution < -0.4 is 0 Å². The largest absolute Gasteiger partial charge is 0.393 e. The van der Waals surface area contributed by atoms with E-state index in [1.165, 1.54) is 11.8 Å². The molecule has 2 fully saturated rings. The molecule has 0 aromatic heterocycles. The van der Waals surface area contributed by atoms with Crippen molar-refractivity contribution >= 4 is 11.8 Å². The lowest BCUT2D eigenvalue weighted by molar-refractivity contribution is -0.107. The molecule has 76 valence electrons. The van der Waals surface area contributed by atoms with Crippen molar-refractivity contribution in [1.29, 1.82) is 0 Å². The van der Waals surface area contributed by atoms with Gasteiger partial charge in [0.05, 0.1) is 12.7 Å². The molecule has 1 heterocycles. The number of hydrogen-bond donors (Lipinski definition) is 2. The van der Waals surface area contributed by atoms with Crippen LogP contribution in [0.1, 0.15) is 6.42 Å². The Balaban J connectivity index is 2.15. The Morgan fingerprint density at radius 2 is 2.38 bits per heavy atom. The van der Waals surface area contributed by atoms with Crippen molar-refractivity contribution in [3.05, 3.63) is 0 Å². The van der Waals surface area contributed by atoms with Crippen molar-refractivity contribution in [3.63, 3.8) is 0 Å². The first-order valence-corrected chi connectivity index (χ1v) is 5.63. The van der Waals surface area contributed by atoms with E-state index < -0.39 is 23.5 Å². The molecule has 1 saturated carbocycles. The highest BCUT2D eigenvalue weighted by Crippen LogP contribution is 2.57. The minimum Gasteiger partial charge on any atom is -0.393 e. The van der Waals surface area contributed by atoms with Crippen LogP contribution in [0.3, 0.4) is 0 Å². The Morgan fingerprint density at radius 3 is 2.77 bits per heavy atom. The quantitative estimate of drug-likeness (QED) is 0.683. The average Bonchev–Trinajstić information content (AvgIpc) is 2.70. The van der Waals surface area contributed by atoms with Gasteiger partial charge in [-0.3, -0.25) is 0 Å². The van der Waals surface area contributed by atoms with E-state index in [1.54, 1.807) is 0 Å². The van der Waals surface area contributed by atoms with Crippen molar-refractivity contribution in [2.24, 2.45) is 0 Å². The summed E-state index contributed by atoms with van der Waals surface area (Å²) in [6.07, 6.45) is 0.427. The molecular weight excluding hydrogens is 195 g/mol. The number of aliphatic hydroxyl groups excluding tert-OH is 2. The number of ether oxygens (including phenoxy) is 1. The SMILES string of the molecule is CSC[C@]1(CO)OC2C[C@@]2(F)[C@@H]1O. The first-order valence-electron chi connectivity index (χ1n) is 4.24. The highest BCUT2D eigenvalue weighted by molar-refractivity contribution is 7.98. The first kappa shape index (κ1) is 9.71. The Morgan fingerprint density at radius 1 is 1.69 bits per heavy atom. The molecule has 1 aliphatic carbocycles. The predicted octanol–water partition coefficient (Wildman–Crippen LogP) is -0.0478. The van der Waals surface area contributed by atoms with Crippen molar-refractivity contribution in [2.45, 2.75) is 29.9 Å². The number of alkyl halides is 1. The zero-order valence-electron chi connectivity index (χ0n) is 7.36. The molecule has 1 saturated heterocycles. The van der Waals surface area contributed by atoms with E-state index in [0.29, 0.717) is 5.75 Å². The van der Waals surface area contributed by atoms with Crippen molar-refractivity contribution in [3.8, 4) is 0 Å². The Labute approximate surface area is 80.3 Å². The number of hydrogen-bond acceptors (Lipinski definition) is 4.